The molecule has 0 aromatic rings. The largest absolute Gasteiger partial charge is 0.441 e. The molecule has 1 atom stereocenters. The zero-order chi connectivity index (χ0) is 12.7. The predicted molar refractivity (Wildman–Crippen MR) is 66.3 cm³/mol. The van der Waals surface area contributed by atoms with Gasteiger partial charge in [0.25, 0.3) is 0 Å². The zero-order valence-electron chi connectivity index (χ0n) is 10.2. The minimum Gasteiger partial charge on any atom is -0.315 e. The molecule has 0 spiro atoms. The van der Waals surface area contributed by atoms with Gasteiger partial charge in [-0.2, -0.15) is 13.2 Å². The van der Waals surface area contributed by atoms with E-state index in [1.807, 2.05) is 0 Å². The molecule has 0 bridgehead atoms. The van der Waals surface area contributed by atoms with Gasteiger partial charge < -0.3 is 5.32 Å². The van der Waals surface area contributed by atoms with E-state index in [1.165, 1.54) is 0 Å². The minimum atomic E-state index is -4.09. The van der Waals surface area contributed by atoms with Crippen molar-refractivity contribution in [3.05, 3.63) is 0 Å². The second-order valence-electron chi connectivity index (χ2n) is 4.33. The minimum absolute atomic E-state index is 0.0887. The number of halogens is 3. The van der Waals surface area contributed by atoms with Crippen molar-refractivity contribution in [1.82, 2.24) is 10.2 Å². The molecule has 1 aliphatic heterocycles. The lowest BCUT2D eigenvalue weighted by Crippen LogP contribution is -2.39. The summed E-state index contributed by atoms with van der Waals surface area (Å²) in [5, 5.41) is 3.34. The Morgan fingerprint density at radius 3 is 2.82 bits per heavy atom. The van der Waals surface area contributed by atoms with Gasteiger partial charge in [0, 0.05) is 24.9 Å². The molecule has 0 amide bonds. The lowest BCUT2D eigenvalue weighted by Gasteiger charge is -2.24. The van der Waals surface area contributed by atoms with Gasteiger partial charge in [-0.1, -0.05) is 6.92 Å². The van der Waals surface area contributed by atoms with Gasteiger partial charge in [0.05, 0.1) is 0 Å². The Hall–Kier alpha value is 0.0600. The number of thioether (sulfide) groups is 1. The molecule has 1 rings (SSSR count). The summed E-state index contributed by atoms with van der Waals surface area (Å²) in [5.41, 5.74) is -4.09. The Balaban J connectivity index is 2.17. The Morgan fingerprint density at radius 2 is 2.18 bits per heavy atom. The van der Waals surface area contributed by atoms with E-state index in [4.69, 9.17) is 0 Å². The van der Waals surface area contributed by atoms with Gasteiger partial charge in [0.2, 0.25) is 0 Å². The first-order chi connectivity index (χ1) is 8.03. The first-order valence-corrected chi connectivity index (χ1v) is 7.17. The lowest BCUT2D eigenvalue weighted by atomic mass is 10.2. The monoisotopic (exact) mass is 270 g/mol. The first kappa shape index (κ1) is 15.1. The SMILES string of the molecule is CCCNCC1CCCN1CCSC(F)(F)F. The number of nitrogens with zero attached hydrogens (tertiary/aromatic N) is 1. The third kappa shape index (κ3) is 6.52. The maximum absolute atomic E-state index is 12.0. The molecule has 2 nitrogen and oxygen atoms in total. The van der Waals surface area contributed by atoms with E-state index in [0.717, 1.165) is 38.9 Å². The van der Waals surface area contributed by atoms with E-state index in [-0.39, 0.29) is 17.5 Å². The fourth-order valence-corrected chi connectivity index (χ4v) is 2.70. The average molecular weight is 270 g/mol. The van der Waals surface area contributed by atoms with Crippen molar-refractivity contribution < 1.29 is 13.2 Å². The van der Waals surface area contributed by atoms with Gasteiger partial charge in [-0.05, 0) is 44.1 Å². The van der Waals surface area contributed by atoms with Crippen LogP contribution in [-0.4, -0.2) is 48.4 Å². The molecule has 1 saturated heterocycles. The molecule has 1 fully saturated rings. The molecule has 102 valence electrons. The van der Waals surface area contributed by atoms with Crippen molar-refractivity contribution >= 4 is 11.8 Å². The predicted octanol–water partition coefficient (Wildman–Crippen LogP) is 2.70. The van der Waals surface area contributed by atoms with Crippen molar-refractivity contribution in [3.63, 3.8) is 0 Å². The van der Waals surface area contributed by atoms with Crippen LogP contribution < -0.4 is 5.32 Å². The van der Waals surface area contributed by atoms with Crippen molar-refractivity contribution in [1.29, 1.82) is 0 Å². The van der Waals surface area contributed by atoms with E-state index < -0.39 is 5.51 Å². The topological polar surface area (TPSA) is 15.3 Å². The normalized spacial score (nSPS) is 22.2. The molecule has 17 heavy (non-hydrogen) atoms. The summed E-state index contributed by atoms with van der Waals surface area (Å²) >= 11 is 0.0887. The summed E-state index contributed by atoms with van der Waals surface area (Å²) < 4.78 is 36.0. The fraction of sp³-hybridized carbons (Fsp3) is 1.00. The molecule has 0 aliphatic carbocycles. The van der Waals surface area contributed by atoms with E-state index in [9.17, 15) is 13.2 Å². The Kier molecular flexibility index (Phi) is 6.66. The maximum Gasteiger partial charge on any atom is 0.441 e. The molecule has 1 unspecified atom stereocenters. The van der Waals surface area contributed by atoms with Crippen LogP contribution in [0.4, 0.5) is 13.2 Å². The van der Waals surface area contributed by atoms with Gasteiger partial charge in [0.1, 0.15) is 0 Å². The lowest BCUT2D eigenvalue weighted by molar-refractivity contribution is -0.0328. The van der Waals surface area contributed by atoms with Crippen molar-refractivity contribution in [2.24, 2.45) is 0 Å². The average Bonchev–Trinajstić information content (AvgIpc) is 2.64. The highest BCUT2D eigenvalue weighted by Gasteiger charge is 2.29. The van der Waals surface area contributed by atoms with Crippen LogP contribution >= 0.6 is 11.8 Å². The maximum atomic E-state index is 12.0. The quantitative estimate of drug-likeness (QED) is 0.716. The second kappa shape index (κ2) is 7.48. The van der Waals surface area contributed by atoms with Crippen LogP contribution in [0.1, 0.15) is 26.2 Å². The molecule has 0 saturated carbocycles. The van der Waals surface area contributed by atoms with Gasteiger partial charge >= 0.3 is 5.51 Å². The van der Waals surface area contributed by atoms with E-state index in [2.05, 4.69) is 17.1 Å². The van der Waals surface area contributed by atoms with Crippen LogP contribution in [0, 0.1) is 0 Å². The smallest absolute Gasteiger partial charge is 0.315 e. The van der Waals surface area contributed by atoms with Crippen molar-refractivity contribution in [3.8, 4) is 0 Å². The first-order valence-electron chi connectivity index (χ1n) is 6.18. The molecular formula is C11H21F3N2S. The van der Waals surface area contributed by atoms with Gasteiger partial charge in [-0.25, -0.2) is 0 Å². The molecule has 0 aromatic carbocycles. The number of hydrogen-bond donors (Lipinski definition) is 1. The summed E-state index contributed by atoms with van der Waals surface area (Å²) in [5.74, 6) is 0.147. The Labute approximate surface area is 105 Å². The summed E-state index contributed by atoms with van der Waals surface area (Å²) in [4.78, 5) is 2.18. The van der Waals surface area contributed by atoms with E-state index in [1.54, 1.807) is 0 Å². The Morgan fingerprint density at radius 1 is 1.41 bits per heavy atom. The molecule has 1 heterocycles. The second-order valence-corrected chi connectivity index (χ2v) is 5.49. The van der Waals surface area contributed by atoms with Crippen molar-refractivity contribution in [2.75, 3.05) is 31.9 Å². The van der Waals surface area contributed by atoms with Gasteiger partial charge in [-0.15, -0.1) is 0 Å². The molecule has 1 N–H and O–H groups in total. The van der Waals surface area contributed by atoms with Crippen LogP contribution in [0.3, 0.4) is 0 Å². The highest BCUT2D eigenvalue weighted by atomic mass is 32.2. The van der Waals surface area contributed by atoms with E-state index in [0.29, 0.717) is 12.6 Å². The molecule has 1 aliphatic rings. The third-order valence-electron chi connectivity index (χ3n) is 2.95. The van der Waals surface area contributed by atoms with Crippen LogP contribution in [-0.2, 0) is 0 Å². The molecule has 0 radical (unpaired) electrons. The fourth-order valence-electron chi connectivity index (χ4n) is 2.14. The zero-order valence-corrected chi connectivity index (χ0v) is 11.0. The van der Waals surface area contributed by atoms with Gasteiger partial charge in [0.15, 0.2) is 0 Å². The number of nitrogens with one attached hydrogen (secondary N) is 1. The van der Waals surface area contributed by atoms with Gasteiger partial charge in [-0.3, -0.25) is 4.90 Å². The van der Waals surface area contributed by atoms with Crippen LogP contribution in [0.15, 0.2) is 0 Å². The van der Waals surface area contributed by atoms with E-state index >= 15 is 0 Å². The summed E-state index contributed by atoms with van der Waals surface area (Å²) in [6, 6.07) is 0.426. The third-order valence-corrected chi connectivity index (χ3v) is 3.66. The van der Waals surface area contributed by atoms with Crippen LogP contribution in [0.25, 0.3) is 0 Å². The summed E-state index contributed by atoms with van der Waals surface area (Å²) in [6.45, 7) is 5.49. The molecule has 6 heteroatoms. The molecule has 0 aromatic heterocycles. The number of likely N-dealkylation sites (tertiary alicyclic amines) is 1. The number of rotatable bonds is 7. The van der Waals surface area contributed by atoms with Crippen LogP contribution in [0.2, 0.25) is 0 Å². The highest BCUT2D eigenvalue weighted by molar-refractivity contribution is 8.00. The summed E-state index contributed by atoms with van der Waals surface area (Å²) in [7, 11) is 0. The van der Waals surface area contributed by atoms with Crippen LogP contribution in [0.5, 0.6) is 0 Å². The van der Waals surface area contributed by atoms with Crippen molar-refractivity contribution in [2.45, 2.75) is 37.7 Å². The number of alkyl halides is 3. The standard InChI is InChI=1S/C11H21F3N2S/c1-2-5-15-9-10-4-3-6-16(10)7-8-17-11(12,13)14/h10,15H,2-9H2,1H3. The number of hydrogen-bond acceptors (Lipinski definition) is 3. The molecular weight excluding hydrogens is 249 g/mol. The Bertz CT molecular complexity index is 211. The highest BCUT2D eigenvalue weighted by Crippen LogP contribution is 2.30. The summed E-state index contributed by atoms with van der Waals surface area (Å²) in [6.07, 6.45) is 3.30.